The summed E-state index contributed by atoms with van der Waals surface area (Å²) in [5.74, 6) is 0.791. The number of carbonyl (C=O) groups is 1. The second-order valence-electron chi connectivity index (χ2n) is 7.48. The molecule has 1 saturated heterocycles. The summed E-state index contributed by atoms with van der Waals surface area (Å²) in [5, 5.41) is 6.04. The molecule has 0 bridgehead atoms. The van der Waals surface area contributed by atoms with Crippen LogP contribution >= 0.6 is 24.0 Å². The van der Waals surface area contributed by atoms with E-state index < -0.39 is 20.0 Å². The molecule has 24 heavy (non-hydrogen) atoms. The van der Waals surface area contributed by atoms with Gasteiger partial charge in [0, 0.05) is 38.6 Å². The number of nitrogens with zero attached hydrogens (tertiary/aromatic N) is 2. The van der Waals surface area contributed by atoms with Crippen molar-refractivity contribution in [2.24, 2.45) is 10.4 Å². The fraction of sp³-hybridized carbons (Fsp3) is 0.867. The molecule has 0 aromatic carbocycles. The lowest BCUT2D eigenvalue weighted by atomic mass is 9.96. The van der Waals surface area contributed by atoms with E-state index >= 15 is 0 Å². The van der Waals surface area contributed by atoms with Crippen LogP contribution in [0.1, 0.15) is 34.6 Å². The predicted molar refractivity (Wildman–Crippen MR) is 109 cm³/mol. The first-order chi connectivity index (χ1) is 10.4. The van der Waals surface area contributed by atoms with Gasteiger partial charge >= 0.3 is 0 Å². The van der Waals surface area contributed by atoms with E-state index in [9.17, 15) is 13.2 Å². The number of amides is 1. The summed E-state index contributed by atoms with van der Waals surface area (Å²) in [6.07, 6.45) is 0. The maximum atomic E-state index is 12.1. The molecule has 0 aliphatic carbocycles. The molecule has 1 aliphatic rings. The topological polar surface area (TPSA) is 90.9 Å². The lowest BCUT2D eigenvalue weighted by Gasteiger charge is -2.39. The number of sulfone groups is 1. The SMILES string of the molecule is CN=C(NCCNC(=O)C(C)(C)C)N1CCS(=O)(=O)C(C)(C)C1.I. The maximum absolute atomic E-state index is 12.1. The molecule has 1 aliphatic heterocycles. The van der Waals surface area contributed by atoms with Gasteiger partial charge in [0.25, 0.3) is 0 Å². The number of carbonyl (C=O) groups excluding carboxylic acids is 1. The number of halogens is 1. The van der Waals surface area contributed by atoms with Crippen LogP contribution in [0.25, 0.3) is 0 Å². The largest absolute Gasteiger partial charge is 0.354 e. The van der Waals surface area contributed by atoms with Crippen molar-refractivity contribution in [2.75, 3.05) is 39.0 Å². The van der Waals surface area contributed by atoms with Crippen LogP contribution < -0.4 is 10.6 Å². The molecular weight excluding hydrogens is 443 g/mol. The van der Waals surface area contributed by atoms with Crippen molar-refractivity contribution in [2.45, 2.75) is 39.4 Å². The minimum Gasteiger partial charge on any atom is -0.354 e. The van der Waals surface area contributed by atoms with Crippen LogP contribution in [-0.2, 0) is 14.6 Å². The number of hydrogen-bond donors (Lipinski definition) is 2. The van der Waals surface area contributed by atoms with Crippen molar-refractivity contribution in [1.29, 1.82) is 0 Å². The number of aliphatic imine (C=N–C) groups is 1. The van der Waals surface area contributed by atoms with Crippen LogP contribution in [0.4, 0.5) is 0 Å². The Bertz CT molecular complexity index is 568. The number of nitrogens with one attached hydrogen (secondary N) is 2. The normalized spacial score (nSPS) is 20.1. The fourth-order valence-corrected chi connectivity index (χ4v) is 3.64. The molecule has 0 unspecified atom stereocenters. The summed E-state index contributed by atoms with van der Waals surface area (Å²) < 4.78 is 23.3. The first-order valence-electron chi connectivity index (χ1n) is 7.87. The summed E-state index contributed by atoms with van der Waals surface area (Å²) in [4.78, 5) is 18.0. The van der Waals surface area contributed by atoms with Crippen molar-refractivity contribution in [1.82, 2.24) is 15.5 Å². The van der Waals surface area contributed by atoms with Crippen LogP contribution in [0.15, 0.2) is 4.99 Å². The van der Waals surface area contributed by atoms with Gasteiger partial charge in [-0.2, -0.15) is 0 Å². The average Bonchev–Trinajstić information content (AvgIpc) is 2.41. The van der Waals surface area contributed by atoms with Crippen LogP contribution in [0.3, 0.4) is 0 Å². The van der Waals surface area contributed by atoms with Crippen molar-refractivity contribution in [3.05, 3.63) is 0 Å². The summed E-state index contributed by atoms with van der Waals surface area (Å²) in [6.45, 7) is 10.9. The van der Waals surface area contributed by atoms with E-state index in [1.165, 1.54) is 0 Å². The summed E-state index contributed by atoms with van der Waals surface area (Å²) >= 11 is 0. The quantitative estimate of drug-likeness (QED) is 0.274. The van der Waals surface area contributed by atoms with Crippen LogP contribution in [0, 0.1) is 5.41 Å². The molecule has 2 N–H and O–H groups in total. The van der Waals surface area contributed by atoms with E-state index in [0.29, 0.717) is 32.1 Å². The van der Waals surface area contributed by atoms with E-state index in [0.717, 1.165) is 0 Å². The summed E-state index contributed by atoms with van der Waals surface area (Å²) in [7, 11) is -1.40. The zero-order valence-corrected chi connectivity index (χ0v) is 18.6. The fourth-order valence-electron chi connectivity index (χ4n) is 2.27. The Balaban J connectivity index is 0.00000529. The Morgan fingerprint density at radius 2 is 1.75 bits per heavy atom. The molecule has 0 radical (unpaired) electrons. The zero-order chi connectivity index (χ0) is 17.9. The Kier molecular flexibility index (Phi) is 8.47. The second-order valence-corrected chi connectivity index (χ2v) is 10.2. The van der Waals surface area contributed by atoms with Gasteiger partial charge in [-0.05, 0) is 13.8 Å². The Hall–Kier alpha value is -0.580. The van der Waals surface area contributed by atoms with Crippen molar-refractivity contribution in [3.63, 3.8) is 0 Å². The van der Waals surface area contributed by atoms with Crippen molar-refractivity contribution < 1.29 is 13.2 Å². The highest BCUT2D eigenvalue weighted by molar-refractivity contribution is 14.0. The molecule has 1 amide bonds. The van der Waals surface area contributed by atoms with E-state index in [1.807, 2.05) is 25.7 Å². The van der Waals surface area contributed by atoms with Gasteiger partial charge in [0.1, 0.15) is 0 Å². The zero-order valence-electron chi connectivity index (χ0n) is 15.5. The lowest BCUT2D eigenvalue weighted by molar-refractivity contribution is -0.128. The van der Waals surface area contributed by atoms with Gasteiger partial charge in [-0.1, -0.05) is 20.8 Å². The van der Waals surface area contributed by atoms with E-state index in [2.05, 4.69) is 15.6 Å². The molecule has 9 heteroatoms. The van der Waals surface area contributed by atoms with E-state index in [-0.39, 0.29) is 35.6 Å². The molecular formula is C15H31IN4O3S. The van der Waals surface area contributed by atoms with Crippen LogP contribution in [0.2, 0.25) is 0 Å². The van der Waals surface area contributed by atoms with E-state index in [4.69, 9.17) is 0 Å². The molecule has 1 fully saturated rings. The second kappa shape index (κ2) is 8.68. The molecule has 1 rings (SSSR count). The lowest BCUT2D eigenvalue weighted by Crippen LogP contribution is -2.57. The molecule has 1 heterocycles. The monoisotopic (exact) mass is 474 g/mol. The highest BCUT2D eigenvalue weighted by Crippen LogP contribution is 2.23. The highest BCUT2D eigenvalue weighted by Gasteiger charge is 2.40. The molecule has 0 aromatic heterocycles. The minimum atomic E-state index is -3.07. The van der Waals surface area contributed by atoms with Gasteiger partial charge in [0.05, 0.1) is 10.5 Å². The van der Waals surface area contributed by atoms with Crippen molar-refractivity contribution in [3.8, 4) is 0 Å². The third-order valence-corrected chi connectivity index (χ3v) is 6.46. The molecule has 7 nitrogen and oxygen atoms in total. The Morgan fingerprint density at radius 3 is 2.21 bits per heavy atom. The van der Waals surface area contributed by atoms with Gasteiger partial charge in [-0.25, -0.2) is 8.42 Å². The highest BCUT2D eigenvalue weighted by atomic mass is 127. The standard InChI is InChI=1S/C15H30N4O3S.HI/c1-14(2,3)12(20)17-7-8-18-13(16-6)19-9-10-23(21,22)15(4,5)11-19;/h7-11H2,1-6H3,(H,16,18)(H,17,20);1H. The average molecular weight is 474 g/mol. The first-order valence-corrected chi connectivity index (χ1v) is 9.52. The van der Waals surface area contributed by atoms with Gasteiger partial charge in [0.15, 0.2) is 15.8 Å². The van der Waals surface area contributed by atoms with Gasteiger partial charge in [0.2, 0.25) is 5.91 Å². The summed E-state index contributed by atoms with van der Waals surface area (Å²) in [6, 6.07) is 0. The van der Waals surface area contributed by atoms with Crippen LogP contribution in [-0.4, -0.2) is 68.9 Å². The number of hydrogen-bond acceptors (Lipinski definition) is 4. The molecule has 0 saturated carbocycles. The Labute approximate surface area is 163 Å². The van der Waals surface area contributed by atoms with Crippen LogP contribution in [0.5, 0.6) is 0 Å². The molecule has 0 atom stereocenters. The molecule has 0 spiro atoms. The Morgan fingerprint density at radius 1 is 1.21 bits per heavy atom. The van der Waals surface area contributed by atoms with Crippen molar-refractivity contribution >= 4 is 45.7 Å². The number of guanidine groups is 1. The summed E-state index contributed by atoms with van der Waals surface area (Å²) in [5.41, 5.74) is -0.410. The maximum Gasteiger partial charge on any atom is 0.225 e. The first kappa shape index (κ1) is 23.4. The smallest absolute Gasteiger partial charge is 0.225 e. The predicted octanol–water partition coefficient (Wildman–Crippen LogP) is 0.851. The van der Waals surface area contributed by atoms with Gasteiger partial charge < -0.3 is 15.5 Å². The van der Waals surface area contributed by atoms with Gasteiger partial charge in [-0.3, -0.25) is 9.79 Å². The molecule has 142 valence electrons. The molecule has 0 aromatic rings. The third-order valence-electron chi connectivity index (χ3n) is 3.93. The van der Waals surface area contributed by atoms with Gasteiger partial charge in [-0.15, -0.1) is 24.0 Å². The van der Waals surface area contributed by atoms with E-state index in [1.54, 1.807) is 20.9 Å². The third kappa shape index (κ3) is 6.05. The minimum absolute atomic E-state index is 0. The number of rotatable bonds is 3.